The van der Waals surface area contributed by atoms with Crippen molar-refractivity contribution in [1.29, 1.82) is 0 Å². The standard InChI is InChI=1S/C30H34BrCl2N3O5S/c1-4-6-17-34-30(38)21(3)35(19-22-7-10-24(32)18-28(22)33)29(37)20-36(25-11-13-26(14-12-25)41-5-2)42(39,40)27-15-8-23(31)9-16-27/h7-16,18,21H,4-6,17,19-20H2,1-3H3,(H,34,38)/t21-/m1/s1. The molecule has 2 amide bonds. The number of halogens is 3. The number of carbonyl (C=O) groups excluding carboxylic acids is 2. The Morgan fingerprint density at radius 1 is 1.00 bits per heavy atom. The maximum absolute atomic E-state index is 14.0. The number of benzene rings is 3. The largest absolute Gasteiger partial charge is 0.494 e. The van der Waals surface area contributed by atoms with E-state index in [0.717, 1.165) is 17.1 Å². The van der Waals surface area contributed by atoms with Crippen LogP contribution in [0.2, 0.25) is 10.0 Å². The number of carbonyl (C=O) groups is 2. The number of hydrogen-bond donors (Lipinski definition) is 1. The SMILES string of the molecule is CCCCNC(=O)[C@@H](C)N(Cc1ccc(Cl)cc1Cl)C(=O)CN(c1ccc(OCC)cc1)S(=O)(=O)c1ccc(Br)cc1. The van der Waals surface area contributed by atoms with Gasteiger partial charge in [0, 0.05) is 27.6 Å². The summed E-state index contributed by atoms with van der Waals surface area (Å²) < 4.78 is 35.1. The highest BCUT2D eigenvalue weighted by Crippen LogP contribution is 2.28. The number of anilines is 1. The Bertz CT molecular complexity index is 1470. The van der Waals surface area contributed by atoms with Crippen LogP contribution in [0.3, 0.4) is 0 Å². The Labute approximate surface area is 266 Å². The molecule has 0 spiro atoms. The van der Waals surface area contributed by atoms with E-state index in [1.165, 1.54) is 17.0 Å². The maximum atomic E-state index is 14.0. The molecule has 1 atom stereocenters. The minimum atomic E-state index is -4.19. The van der Waals surface area contributed by atoms with Crippen LogP contribution >= 0.6 is 39.1 Å². The molecule has 0 bridgehead atoms. The fraction of sp³-hybridized carbons (Fsp3) is 0.333. The summed E-state index contributed by atoms with van der Waals surface area (Å²) in [5.74, 6) is -0.385. The molecule has 0 aliphatic carbocycles. The molecule has 0 aliphatic rings. The summed E-state index contributed by atoms with van der Waals surface area (Å²) in [4.78, 5) is 28.4. The first-order chi connectivity index (χ1) is 20.0. The lowest BCUT2D eigenvalue weighted by atomic mass is 10.1. The van der Waals surface area contributed by atoms with Crippen LogP contribution in [0.1, 0.15) is 39.2 Å². The number of amides is 2. The van der Waals surface area contributed by atoms with E-state index in [4.69, 9.17) is 27.9 Å². The van der Waals surface area contributed by atoms with Crippen LogP contribution in [0.25, 0.3) is 0 Å². The summed E-state index contributed by atoms with van der Waals surface area (Å²) in [5, 5.41) is 3.60. The van der Waals surface area contributed by atoms with Gasteiger partial charge >= 0.3 is 0 Å². The molecule has 0 saturated carbocycles. The van der Waals surface area contributed by atoms with E-state index < -0.39 is 28.5 Å². The fourth-order valence-corrected chi connectivity index (χ4v) is 6.24. The first-order valence-corrected chi connectivity index (χ1v) is 16.5. The number of rotatable bonds is 14. The molecular formula is C30H34BrCl2N3O5S. The molecule has 226 valence electrons. The van der Waals surface area contributed by atoms with Crippen molar-refractivity contribution >= 4 is 66.7 Å². The molecule has 0 aliphatic heterocycles. The third-order valence-electron chi connectivity index (χ3n) is 6.47. The third kappa shape index (κ3) is 8.86. The van der Waals surface area contributed by atoms with E-state index in [2.05, 4.69) is 21.2 Å². The molecule has 0 fully saturated rings. The monoisotopic (exact) mass is 697 g/mol. The Morgan fingerprint density at radius 2 is 1.67 bits per heavy atom. The predicted molar refractivity (Wildman–Crippen MR) is 171 cm³/mol. The van der Waals surface area contributed by atoms with E-state index in [-0.39, 0.29) is 23.0 Å². The normalized spacial score (nSPS) is 12.0. The first kappa shape index (κ1) is 33.7. The Morgan fingerprint density at radius 3 is 2.26 bits per heavy atom. The van der Waals surface area contributed by atoms with Gasteiger partial charge in [-0.3, -0.25) is 13.9 Å². The molecule has 8 nitrogen and oxygen atoms in total. The molecule has 0 heterocycles. The molecule has 1 N–H and O–H groups in total. The fourth-order valence-electron chi connectivity index (χ4n) is 4.09. The summed E-state index contributed by atoms with van der Waals surface area (Å²) in [6.45, 7) is 5.76. The van der Waals surface area contributed by atoms with Crippen molar-refractivity contribution in [3.8, 4) is 5.75 Å². The number of hydrogen-bond acceptors (Lipinski definition) is 5. The lowest BCUT2D eigenvalue weighted by Crippen LogP contribution is -2.51. The highest BCUT2D eigenvalue weighted by atomic mass is 79.9. The van der Waals surface area contributed by atoms with Gasteiger partial charge in [0.25, 0.3) is 10.0 Å². The van der Waals surface area contributed by atoms with Crippen molar-refractivity contribution in [1.82, 2.24) is 10.2 Å². The molecule has 0 unspecified atom stereocenters. The average molecular weight is 699 g/mol. The van der Waals surface area contributed by atoms with Crippen molar-refractivity contribution in [2.45, 2.75) is 51.1 Å². The zero-order valence-electron chi connectivity index (χ0n) is 23.6. The van der Waals surface area contributed by atoms with Gasteiger partial charge in [0.15, 0.2) is 0 Å². The molecule has 3 aromatic carbocycles. The third-order valence-corrected chi connectivity index (χ3v) is 9.37. The summed E-state index contributed by atoms with van der Waals surface area (Å²) in [7, 11) is -4.19. The van der Waals surface area contributed by atoms with Gasteiger partial charge in [-0.25, -0.2) is 8.42 Å². The van der Waals surface area contributed by atoms with Gasteiger partial charge in [-0.05, 0) is 86.5 Å². The van der Waals surface area contributed by atoms with Gasteiger partial charge in [0.1, 0.15) is 18.3 Å². The van der Waals surface area contributed by atoms with Gasteiger partial charge in [-0.1, -0.05) is 58.5 Å². The lowest BCUT2D eigenvalue weighted by molar-refractivity contribution is -0.139. The van der Waals surface area contributed by atoms with Crippen molar-refractivity contribution in [2.24, 2.45) is 0 Å². The second-order valence-electron chi connectivity index (χ2n) is 9.47. The van der Waals surface area contributed by atoms with Gasteiger partial charge in [-0.2, -0.15) is 0 Å². The van der Waals surface area contributed by atoms with Gasteiger partial charge < -0.3 is 15.0 Å². The summed E-state index contributed by atoms with van der Waals surface area (Å²) in [5.41, 5.74) is 0.824. The second-order valence-corrected chi connectivity index (χ2v) is 13.1. The summed E-state index contributed by atoms with van der Waals surface area (Å²) in [6, 6.07) is 16.5. The summed E-state index contributed by atoms with van der Waals surface area (Å²) >= 11 is 15.8. The number of sulfonamides is 1. The number of nitrogens with zero attached hydrogens (tertiary/aromatic N) is 2. The zero-order valence-corrected chi connectivity index (χ0v) is 27.6. The van der Waals surface area contributed by atoms with Crippen LogP contribution in [-0.2, 0) is 26.2 Å². The molecule has 12 heteroatoms. The summed E-state index contributed by atoms with van der Waals surface area (Å²) in [6.07, 6.45) is 1.68. The van der Waals surface area contributed by atoms with Crippen LogP contribution in [0.4, 0.5) is 5.69 Å². The predicted octanol–water partition coefficient (Wildman–Crippen LogP) is 6.68. The molecule has 0 saturated heterocycles. The van der Waals surface area contributed by atoms with E-state index in [1.807, 2.05) is 13.8 Å². The number of nitrogens with one attached hydrogen (secondary N) is 1. The average Bonchev–Trinajstić information content (AvgIpc) is 2.96. The van der Waals surface area contributed by atoms with E-state index >= 15 is 0 Å². The van der Waals surface area contributed by atoms with Crippen LogP contribution in [0.15, 0.2) is 76.1 Å². The quantitative estimate of drug-likeness (QED) is 0.190. The number of unbranched alkanes of at least 4 members (excludes halogenated alkanes) is 1. The van der Waals surface area contributed by atoms with Crippen LogP contribution in [0.5, 0.6) is 5.75 Å². The van der Waals surface area contributed by atoms with Crippen molar-refractivity contribution in [3.63, 3.8) is 0 Å². The van der Waals surface area contributed by atoms with Crippen LogP contribution < -0.4 is 14.4 Å². The lowest BCUT2D eigenvalue weighted by Gasteiger charge is -2.32. The Kier molecular flexibility index (Phi) is 12.5. The highest BCUT2D eigenvalue weighted by Gasteiger charge is 2.32. The van der Waals surface area contributed by atoms with Gasteiger partial charge in [0.05, 0.1) is 17.2 Å². The van der Waals surface area contributed by atoms with Crippen molar-refractivity contribution in [3.05, 3.63) is 86.8 Å². The van der Waals surface area contributed by atoms with Crippen molar-refractivity contribution < 1.29 is 22.7 Å². The van der Waals surface area contributed by atoms with E-state index in [0.29, 0.717) is 39.0 Å². The second kappa shape index (κ2) is 15.6. The topological polar surface area (TPSA) is 96.0 Å². The smallest absolute Gasteiger partial charge is 0.264 e. The first-order valence-electron chi connectivity index (χ1n) is 13.5. The molecular weight excluding hydrogens is 665 g/mol. The minimum Gasteiger partial charge on any atom is -0.494 e. The van der Waals surface area contributed by atoms with Gasteiger partial charge in [-0.15, -0.1) is 0 Å². The molecule has 42 heavy (non-hydrogen) atoms. The van der Waals surface area contributed by atoms with Crippen molar-refractivity contribution in [2.75, 3.05) is 24.0 Å². The molecule has 3 aromatic rings. The highest BCUT2D eigenvalue weighted by molar-refractivity contribution is 9.10. The minimum absolute atomic E-state index is 0.00466. The number of ether oxygens (including phenoxy) is 1. The Balaban J connectivity index is 2.03. The van der Waals surface area contributed by atoms with E-state index in [9.17, 15) is 18.0 Å². The molecule has 0 radical (unpaired) electrons. The molecule has 0 aromatic heterocycles. The zero-order chi connectivity index (χ0) is 30.9. The van der Waals surface area contributed by atoms with Crippen LogP contribution in [0, 0.1) is 0 Å². The van der Waals surface area contributed by atoms with Crippen LogP contribution in [-0.4, -0.2) is 50.9 Å². The Hall–Kier alpha value is -2.79. The van der Waals surface area contributed by atoms with Gasteiger partial charge in [0.2, 0.25) is 11.8 Å². The molecule has 3 rings (SSSR count). The van der Waals surface area contributed by atoms with E-state index in [1.54, 1.807) is 61.5 Å². The maximum Gasteiger partial charge on any atom is 0.264 e.